The van der Waals surface area contributed by atoms with Gasteiger partial charge < -0.3 is 9.84 Å². The lowest BCUT2D eigenvalue weighted by atomic mass is 9.96. The first-order valence-corrected chi connectivity index (χ1v) is 12.8. The molecule has 33 heavy (non-hydrogen) atoms. The summed E-state index contributed by atoms with van der Waals surface area (Å²) in [6, 6.07) is 8.46. The molecule has 3 aromatic rings. The first-order valence-electron chi connectivity index (χ1n) is 9.84. The molecular weight excluding hydrogens is 673 g/mol. The molecule has 2 aromatic carbocycles. The van der Waals surface area contributed by atoms with Gasteiger partial charge in [-0.1, -0.05) is 23.5 Å². The monoisotopic (exact) mass is 690 g/mol. The van der Waals surface area contributed by atoms with Crippen LogP contribution >= 0.6 is 56.5 Å². The molecule has 1 aromatic heterocycles. The van der Waals surface area contributed by atoms with E-state index in [-0.39, 0.29) is 23.5 Å². The molecule has 1 aliphatic heterocycles. The van der Waals surface area contributed by atoms with E-state index in [1.807, 2.05) is 28.7 Å². The lowest BCUT2D eigenvalue weighted by molar-refractivity contribution is -0.139. The summed E-state index contributed by atoms with van der Waals surface area (Å²) in [5.74, 6) is -0.916. The molecule has 6 nitrogen and oxygen atoms in total. The second-order valence-corrected chi connectivity index (χ2v) is 10.6. The van der Waals surface area contributed by atoms with Crippen LogP contribution in [0.4, 0.5) is 4.39 Å². The number of halogens is 3. The smallest absolute Gasteiger partial charge is 0.338 e. The standard InChI is InChI=1S/C23H17FI2N2O4S/c1-3-32-22(31)18-11(2)27-23-28(19(18)12-4-6-14(24)7-5-12)21(30)17(33-23)9-13-8-15(25)10-16(26)20(13)29/h4-10,19,29H,3H2,1-2H3/b17-9-/t19-/m1/s1. The normalized spacial score (nSPS) is 15.9. The Bertz CT molecular complexity index is 1480. The van der Waals surface area contributed by atoms with Gasteiger partial charge in [0.1, 0.15) is 11.6 Å². The number of carbonyl (C=O) groups excluding carboxylic acids is 1. The van der Waals surface area contributed by atoms with Gasteiger partial charge in [0.2, 0.25) is 0 Å². The minimum Gasteiger partial charge on any atom is -0.506 e. The number of hydrogen-bond acceptors (Lipinski definition) is 6. The van der Waals surface area contributed by atoms with Crippen LogP contribution in [-0.4, -0.2) is 22.2 Å². The van der Waals surface area contributed by atoms with Crippen molar-refractivity contribution in [2.45, 2.75) is 19.9 Å². The summed E-state index contributed by atoms with van der Waals surface area (Å²) in [7, 11) is 0. The quantitative estimate of drug-likeness (QED) is 0.334. The van der Waals surface area contributed by atoms with E-state index in [9.17, 15) is 19.1 Å². The molecule has 0 unspecified atom stereocenters. The van der Waals surface area contributed by atoms with Crippen LogP contribution in [0.25, 0.3) is 6.08 Å². The zero-order chi connectivity index (χ0) is 23.9. The molecule has 170 valence electrons. The number of aromatic hydroxyl groups is 1. The Morgan fingerprint density at radius 2 is 2.00 bits per heavy atom. The van der Waals surface area contributed by atoms with Gasteiger partial charge >= 0.3 is 5.97 Å². The highest BCUT2D eigenvalue weighted by atomic mass is 127. The maximum absolute atomic E-state index is 13.6. The predicted octanol–water partition coefficient (Wildman–Crippen LogP) is 3.85. The molecule has 10 heteroatoms. The zero-order valence-corrected chi connectivity index (χ0v) is 22.6. The maximum Gasteiger partial charge on any atom is 0.338 e. The molecule has 1 aliphatic rings. The second-order valence-electron chi connectivity index (χ2n) is 7.18. The Morgan fingerprint density at radius 1 is 1.30 bits per heavy atom. The fourth-order valence-electron chi connectivity index (χ4n) is 3.59. The minimum absolute atomic E-state index is 0.0836. The summed E-state index contributed by atoms with van der Waals surface area (Å²) in [6.07, 6.45) is 1.62. The van der Waals surface area contributed by atoms with E-state index in [2.05, 4.69) is 27.6 Å². The van der Waals surface area contributed by atoms with Crippen molar-refractivity contribution in [3.8, 4) is 5.75 Å². The molecule has 2 heterocycles. The number of rotatable bonds is 4. The molecular formula is C23H17FI2N2O4S. The van der Waals surface area contributed by atoms with E-state index in [4.69, 9.17) is 4.74 Å². The fraction of sp³-hybridized carbons (Fsp3) is 0.174. The molecule has 4 rings (SSSR count). The number of carbonyl (C=O) groups is 1. The van der Waals surface area contributed by atoms with E-state index in [0.717, 1.165) is 14.9 Å². The third-order valence-electron chi connectivity index (χ3n) is 5.05. The van der Waals surface area contributed by atoms with E-state index >= 15 is 0 Å². The van der Waals surface area contributed by atoms with Gasteiger partial charge in [0.25, 0.3) is 5.56 Å². The van der Waals surface area contributed by atoms with Gasteiger partial charge in [0.05, 0.1) is 32.0 Å². The van der Waals surface area contributed by atoms with Crippen LogP contribution in [0.15, 0.2) is 57.5 Å². The van der Waals surface area contributed by atoms with E-state index in [1.165, 1.54) is 16.7 Å². The Labute approximate surface area is 219 Å². The Kier molecular flexibility index (Phi) is 7.05. The highest BCUT2D eigenvalue weighted by molar-refractivity contribution is 14.1. The Balaban J connectivity index is 1.98. The number of nitrogens with zero attached hydrogens (tertiary/aromatic N) is 2. The van der Waals surface area contributed by atoms with Crippen molar-refractivity contribution in [1.29, 1.82) is 0 Å². The largest absolute Gasteiger partial charge is 0.506 e. The molecule has 0 bridgehead atoms. The molecule has 0 amide bonds. The summed E-state index contributed by atoms with van der Waals surface area (Å²) in [4.78, 5) is 31.3. The van der Waals surface area contributed by atoms with Gasteiger partial charge in [0.15, 0.2) is 4.80 Å². The van der Waals surface area contributed by atoms with Crippen molar-refractivity contribution < 1.29 is 19.0 Å². The highest BCUT2D eigenvalue weighted by Crippen LogP contribution is 2.31. The van der Waals surface area contributed by atoms with E-state index < -0.39 is 17.8 Å². The van der Waals surface area contributed by atoms with Gasteiger partial charge in [0, 0.05) is 9.13 Å². The van der Waals surface area contributed by atoms with Crippen molar-refractivity contribution in [3.63, 3.8) is 0 Å². The van der Waals surface area contributed by atoms with Crippen LogP contribution in [0, 0.1) is 13.0 Å². The number of thiazole rings is 1. The summed E-state index contributed by atoms with van der Waals surface area (Å²) in [5.41, 5.74) is 1.37. The highest BCUT2D eigenvalue weighted by Gasteiger charge is 2.33. The van der Waals surface area contributed by atoms with Crippen LogP contribution in [0.3, 0.4) is 0 Å². The predicted molar refractivity (Wildman–Crippen MR) is 140 cm³/mol. The number of benzene rings is 2. The molecule has 0 fully saturated rings. The van der Waals surface area contributed by atoms with E-state index in [0.29, 0.717) is 29.7 Å². The lowest BCUT2D eigenvalue weighted by Crippen LogP contribution is -2.39. The van der Waals surface area contributed by atoms with Gasteiger partial charge in [-0.05, 0) is 94.9 Å². The molecule has 0 radical (unpaired) electrons. The summed E-state index contributed by atoms with van der Waals surface area (Å²) in [6.45, 7) is 3.55. The summed E-state index contributed by atoms with van der Waals surface area (Å²) >= 11 is 5.34. The number of ether oxygens (including phenoxy) is 1. The third-order valence-corrected chi connectivity index (χ3v) is 7.48. The number of fused-ring (bicyclic) bond motifs is 1. The van der Waals surface area contributed by atoms with Gasteiger partial charge in [-0.2, -0.15) is 0 Å². The molecule has 0 spiro atoms. The topological polar surface area (TPSA) is 80.9 Å². The van der Waals surface area contributed by atoms with Crippen LogP contribution < -0.4 is 14.9 Å². The van der Waals surface area contributed by atoms with Crippen LogP contribution in [-0.2, 0) is 9.53 Å². The van der Waals surface area contributed by atoms with Crippen molar-refractivity contribution >= 4 is 68.6 Å². The third kappa shape index (κ3) is 4.64. The average molecular weight is 690 g/mol. The van der Waals surface area contributed by atoms with Crippen molar-refractivity contribution in [3.05, 3.63) is 91.4 Å². The van der Waals surface area contributed by atoms with Crippen molar-refractivity contribution in [1.82, 2.24) is 4.57 Å². The molecule has 1 atom stereocenters. The Morgan fingerprint density at radius 3 is 2.67 bits per heavy atom. The van der Waals surface area contributed by atoms with Crippen LogP contribution in [0.1, 0.15) is 31.0 Å². The van der Waals surface area contributed by atoms with Crippen molar-refractivity contribution in [2.24, 2.45) is 4.99 Å². The number of phenols is 1. The lowest BCUT2D eigenvalue weighted by Gasteiger charge is -2.24. The van der Waals surface area contributed by atoms with Gasteiger partial charge in [-0.3, -0.25) is 9.36 Å². The van der Waals surface area contributed by atoms with Crippen molar-refractivity contribution in [2.75, 3.05) is 6.61 Å². The fourth-order valence-corrected chi connectivity index (χ4v) is 6.52. The molecule has 0 aliphatic carbocycles. The van der Waals surface area contributed by atoms with Gasteiger partial charge in [-0.25, -0.2) is 14.2 Å². The van der Waals surface area contributed by atoms with E-state index in [1.54, 1.807) is 38.1 Å². The molecule has 0 saturated carbocycles. The number of aromatic nitrogens is 1. The first-order chi connectivity index (χ1) is 15.7. The Hall–Kier alpha value is -2.06. The number of phenolic OH excluding ortho intramolecular Hbond substituents is 1. The number of esters is 1. The van der Waals surface area contributed by atoms with Gasteiger partial charge in [-0.15, -0.1) is 0 Å². The SMILES string of the molecule is CCOC(=O)C1=C(C)N=c2s/c(=C\c3cc(I)cc(I)c3O)c(=O)n2[C@@H]1c1ccc(F)cc1. The van der Waals surface area contributed by atoms with Crippen LogP contribution in [0.5, 0.6) is 5.75 Å². The number of allylic oxidation sites excluding steroid dienone is 1. The first kappa shape index (κ1) is 24.1. The zero-order valence-electron chi connectivity index (χ0n) is 17.4. The number of hydrogen-bond donors (Lipinski definition) is 1. The van der Waals surface area contributed by atoms with Crippen LogP contribution in [0.2, 0.25) is 0 Å². The second kappa shape index (κ2) is 9.66. The molecule has 0 saturated heterocycles. The summed E-state index contributed by atoms with van der Waals surface area (Å²) < 4.78 is 22.2. The minimum atomic E-state index is -0.812. The molecule has 1 N–H and O–H groups in total. The average Bonchev–Trinajstić information content (AvgIpc) is 3.06. The maximum atomic E-state index is 13.6. The summed E-state index contributed by atoms with van der Waals surface area (Å²) in [5, 5.41) is 10.5.